The summed E-state index contributed by atoms with van der Waals surface area (Å²) >= 11 is 1.44. The number of thiazole rings is 1. The minimum Gasteiger partial charge on any atom is -0.449 e. The Morgan fingerprint density at radius 1 is 0.958 bits per heavy atom. The van der Waals surface area contributed by atoms with Gasteiger partial charge in [0, 0.05) is 42.5 Å². The molecule has 48 heavy (non-hydrogen) atoms. The minimum atomic E-state index is -1.42. The molecule has 10 rings (SSSR count). The number of nitrogens with one attached hydrogen (secondary N) is 1. The summed E-state index contributed by atoms with van der Waals surface area (Å²) in [6.45, 7) is 2.01. The molecule has 0 atom stereocenters. The summed E-state index contributed by atoms with van der Waals surface area (Å²) < 4.78 is 8.31. The van der Waals surface area contributed by atoms with E-state index < -0.39 is 6.16 Å². The molecular formula is C37H36N6O4S. The van der Waals surface area contributed by atoms with Gasteiger partial charge in [0.2, 0.25) is 5.88 Å². The van der Waals surface area contributed by atoms with Gasteiger partial charge in [0.05, 0.1) is 16.4 Å². The molecule has 0 radical (unpaired) electrons. The van der Waals surface area contributed by atoms with E-state index in [9.17, 15) is 14.7 Å². The summed E-state index contributed by atoms with van der Waals surface area (Å²) in [6, 6.07) is 17.4. The molecule has 11 heteroatoms. The van der Waals surface area contributed by atoms with Crippen molar-refractivity contribution in [2.24, 2.45) is 29.6 Å². The number of anilines is 2. The number of hydrogen-bond acceptors (Lipinski definition) is 8. The zero-order chi connectivity index (χ0) is 32.4. The summed E-state index contributed by atoms with van der Waals surface area (Å²) in [4.78, 5) is 36.6. The van der Waals surface area contributed by atoms with Crippen LogP contribution < -0.4 is 15.0 Å². The van der Waals surface area contributed by atoms with E-state index in [-0.39, 0.29) is 11.8 Å². The smallest absolute Gasteiger partial charge is 0.449 e. The minimum absolute atomic E-state index is 0.0295. The Labute approximate surface area is 281 Å². The van der Waals surface area contributed by atoms with E-state index in [0.717, 1.165) is 57.1 Å². The number of nitrogens with zero attached hydrogens (tertiary/aromatic N) is 5. The van der Waals surface area contributed by atoms with Crippen LogP contribution in [-0.4, -0.2) is 43.5 Å². The van der Waals surface area contributed by atoms with Gasteiger partial charge in [-0.2, -0.15) is 10.1 Å². The Bertz CT molecular complexity index is 1990. The SMILES string of the molecule is O=C(O)Oc1nc(N2CCc3cccc(C(=O)Nc4nc5ccccc5s4)c3C2)ccc1-c1cnn(CC2C3CC4CC(C3)CC2C4)c1. The molecule has 4 aliphatic carbocycles. The molecule has 4 fully saturated rings. The first kappa shape index (κ1) is 29.4. The molecular weight excluding hydrogens is 625 g/mol. The second kappa shape index (κ2) is 11.7. The third kappa shape index (κ3) is 5.39. The molecule has 244 valence electrons. The van der Waals surface area contributed by atoms with Crippen molar-refractivity contribution in [2.75, 3.05) is 16.8 Å². The van der Waals surface area contributed by atoms with Crippen molar-refractivity contribution in [1.82, 2.24) is 19.7 Å². The molecule has 3 aromatic heterocycles. The fourth-order valence-electron chi connectivity index (χ4n) is 9.22. The normalized spacial score (nSPS) is 24.1. The fraction of sp³-hybridized carbons (Fsp3) is 0.378. The lowest BCUT2D eigenvalue weighted by Gasteiger charge is -2.54. The number of carbonyl (C=O) groups is 2. The lowest BCUT2D eigenvalue weighted by Crippen LogP contribution is -2.46. The van der Waals surface area contributed by atoms with Gasteiger partial charge in [-0.1, -0.05) is 35.6 Å². The second-order valence-corrected chi connectivity index (χ2v) is 15.0. The Balaban J connectivity index is 0.951. The van der Waals surface area contributed by atoms with Gasteiger partial charge < -0.3 is 14.7 Å². The number of carboxylic acid groups (broad SMARTS) is 1. The molecule has 0 saturated heterocycles. The van der Waals surface area contributed by atoms with E-state index in [1.165, 1.54) is 43.4 Å². The summed E-state index contributed by atoms with van der Waals surface area (Å²) in [5.41, 5.74) is 4.83. The van der Waals surface area contributed by atoms with E-state index in [2.05, 4.69) is 21.3 Å². The van der Waals surface area contributed by atoms with Crippen LogP contribution >= 0.6 is 11.3 Å². The Hall–Kier alpha value is -4.77. The quantitative estimate of drug-likeness (QED) is 0.172. The molecule has 5 aromatic rings. The van der Waals surface area contributed by atoms with Gasteiger partial charge in [-0.15, -0.1) is 0 Å². The van der Waals surface area contributed by atoms with Gasteiger partial charge >= 0.3 is 6.16 Å². The van der Waals surface area contributed by atoms with Crippen molar-refractivity contribution < 1.29 is 19.4 Å². The van der Waals surface area contributed by atoms with Crippen molar-refractivity contribution in [3.63, 3.8) is 0 Å². The van der Waals surface area contributed by atoms with E-state index >= 15 is 0 Å². The first-order chi connectivity index (χ1) is 23.4. The highest BCUT2D eigenvalue weighted by atomic mass is 32.1. The molecule has 10 nitrogen and oxygen atoms in total. The third-order valence-corrected chi connectivity index (χ3v) is 12.1. The highest BCUT2D eigenvalue weighted by molar-refractivity contribution is 7.22. The van der Waals surface area contributed by atoms with Crippen molar-refractivity contribution in [1.29, 1.82) is 0 Å². The number of hydrogen-bond donors (Lipinski definition) is 2. The van der Waals surface area contributed by atoms with Crippen LogP contribution in [0.4, 0.5) is 15.7 Å². The van der Waals surface area contributed by atoms with E-state index in [1.807, 2.05) is 59.4 Å². The number of ether oxygens (including phenoxy) is 1. The average molecular weight is 661 g/mol. The molecule has 0 spiro atoms. The lowest BCUT2D eigenvalue weighted by molar-refractivity contribution is -0.0442. The molecule has 5 aliphatic rings. The Kier molecular flexibility index (Phi) is 7.18. The van der Waals surface area contributed by atoms with Crippen LogP contribution in [0.2, 0.25) is 0 Å². The standard InChI is InChI=1S/C37H36N6O4S/c44-34(41-36-39-31-6-1-2-7-32(31)48-36)28-5-3-4-23-10-11-42(19-30(23)28)33-9-8-27(35(40-33)47-37(45)46)26-17-38-43(18-26)20-29-24-13-21-12-22(15-24)16-25(29)14-21/h1-9,17-18,21-22,24-25,29H,10-16,19-20H2,(H,45,46)(H,39,41,44). The zero-order valence-corrected chi connectivity index (χ0v) is 27.2. The van der Waals surface area contributed by atoms with Crippen molar-refractivity contribution in [3.05, 3.63) is 83.7 Å². The molecule has 4 saturated carbocycles. The predicted octanol–water partition coefficient (Wildman–Crippen LogP) is 7.50. The number of benzene rings is 2. The van der Waals surface area contributed by atoms with Crippen LogP contribution in [0.15, 0.2) is 67.0 Å². The van der Waals surface area contributed by atoms with Gasteiger partial charge in [-0.05, 0) is 110 Å². The molecule has 2 aromatic carbocycles. The van der Waals surface area contributed by atoms with Gasteiger partial charge in [-0.25, -0.2) is 9.78 Å². The van der Waals surface area contributed by atoms with Crippen LogP contribution in [-0.2, 0) is 19.5 Å². The van der Waals surface area contributed by atoms with Gasteiger partial charge in [-0.3, -0.25) is 14.8 Å². The summed E-state index contributed by atoms with van der Waals surface area (Å²) in [7, 11) is 0. The monoisotopic (exact) mass is 660 g/mol. The molecule has 2 N–H and O–H groups in total. The molecule has 1 aliphatic heterocycles. The van der Waals surface area contributed by atoms with Crippen LogP contribution in [0, 0.1) is 29.6 Å². The van der Waals surface area contributed by atoms with Crippen LogP contribution in [0.25, 0.3) is 21.3 Å². The largest absolute Gasteiger partial charge is 0.512 e. The first-order valence-corrected chi connectivity index (χ1v) is 17.7. The number of aromatic nitrogens is 4. The number of fused-ring (bicyclic) bond motifs is 2. The summed E-state index contributed by atoms with van der Waals surface area (Å²) in [5, 5.41) is 17.9. The molecule has 0 unspecified atom stereocenters. The van der Waals surface area contributed by atoms with Crippen molar-refractivity contribution >= 4 is 44.6 Å². The van der Waals surface area contributed by atoms with E-state index in [0.29, 0.717) is 47.5 Å². The van der Waals surface area contributed by atoms with Crippen LogP contribution in [0.5, 0.6) is 5.88 Å². The molecule has 1 amide bonds. The van der Waals surface area contributed by atoms with Crippen molar-refractivity contribution in [3.8, 4) is 17.0 Å². The van der Waals surface area contributed by atoms with Gasteiger partial charge in [0.15, 0.2) is 5.13 Å². The lowest BCUT2D eigenvalue weighted by atomic mass is 9.52. The number of amides is 1. The third-order valence-electron chi connectivity index (χ3n) is 11.1. The summed E-state index contributed by atoms with van der Waals surface area (Å²) in [5.74, 6) is 4.53. The van der Waals surface area contributed by atoms with Gasteiger partial charge in [0.25, 0.3) is 5.91 Å². The number of carbonyl (C=O) groups excluding carboxylic acids is 1. The second-order valence-electron chi connectivity index (χ2n) is 14.0. The maximum atomic E-state index is 13.5. The highest BCUT2D eigenvalue weighted by Crippen LogP contribution is 2.57. The number of rotatable bonds is 7. The average Bonchev–Trinajstić information content (AvgIpc) is 3.72. The van der Waals surface area contributed by atoms with E-state index in [1.54, 1.807) is 6.20 Å². The highest BCUT2D eigenvalue weighted by Gasteiger charge is 2.48. The fourth-order valence-corrected chi connectivity index (χ4v) is 10.1. The number of para-hydroxylation sites is 1. The maximum Gasteiger partial charge on any atom is 0.512 e. The topological polar surface area (TPSA) is 122 Å². The zero-order valence-electron chi connectivity index (χ0n) is 26.4. The summed E-state index contributed by atoms with van der Waals surface area (Å²) in [6.07, 6.45) is 9.99. The van der Waals surface area contributed by atoms with Crippen LogP contribution in [0.3, 0.4) is 0 Å². The van der Waals surface area contributed by atoms with Crippen molar-refractivity contribution in [2.45, 2.75) is 51.6 Å². The van der Waals surface area contributed by atoms with Gasteiger partial charge in [0.1, 0.15) is 5.82 Å². The maximum absolute atomic E-state index is 13.5. The Morgan fingerprint density at radius 2 is 1.77 bits per heavy atom. The van der Waals surface area contributed by atoms with Crippen LogP contribution in [0.1, 0.15) is 53.6 Å². The number of pyridine rings is 1. The predicted molar refractivity (Wildman–Crippen MR) is 183 cm³/mol. The first-order valence-electron chi connectivity index (χ1n) is 16.9. The Morgan fingerprint density at radius 3 is 2.56 bits per heavy atom. The molecule has 4 bridgehead atoms. The van der Waals surface area contributed by atoms with E-state index in [4.69, 9.17) is 14.8 Å². The molecule has 4 heterocycles.